The Hall–Kier alpha value is -2.71. The lowest BCUT2D eigenvalue weighted by molar-refractivity contribution is -0.134. The SMILES string of the molecule is CC(C)c1ccc(-n2nnnc2S[C@@H](C(=O)N2CCOCC2)c2ccccc2)cc1. The Morgan fingerprint density at radius 2 is 1.70 bits per heavy atom. The molecule has 0 aliphatic carbocycles. The summed E-state index contributed by atoms with van der Waals surface area (Å²) in [7, 11) is 0. The Morgan fingerprint density at radius 3 is 2.37 bits per heavy atom. The number of amides is 1. The molecule has 1 atom stereocenters. The largest absolute Gasteiger partial charge is 0.378 e. The molecule has 30 heavy (non-hydrogen) atoms. The average Bonchev–Trinajstić information content (AvgIpc) is 3.26. The van der Waals surface area contributed by atoms with Crippen LogP contribution in [0.5, 0.6) is 0 Å². The fourth-order valence-corrected chi connectivity index (χ4v) is 4.44. The van der Waals surface area contributed by atoms with Crippen molar-refractivity contribution in [2.24, 2.45) is 0 Å². The van der Waals surface area contributed by atoms with Crippen LogP contribution in [0.4, 0.5) is 0 Å². The first-order chi connectivity index (χ1) is 14.6. The number of carbonyl (C=O) groups is 1. The third kappa shape index (κ3) is 4.55. The van der Waals surface area contributed by atoms with Crippen molar-refractivity contribution >= 4 is 17.7 Å². The van der Waals surface area contributed by atoms with Crippen LogP contribution in [0.1, 0.15) is 36.1 Å². The zero-order valence-corrected chi connectivity index (χ0v) is 18.0. The molecule has 0 bridgehead atoms. The molecule has 8 heteroatoms. The van der Waals surface area contributed by atoms with Crippen LogP contribution < -0.4 is 0 Å². The van der Waals surface area contributed by atoms with Crippen LogP contribution in [-0.2, 0) is 9.53 Å². The Bertz CT molecular complexity index is 969. The molecule has 156 valence electrons. The maximum absolute atomic E-state index is 13.4. The van der Waals surface area contributed by atoms with E-state index in [4.69, 9.17) is 4.74 Å². The van der Waals surface area contributed by atoms with Gasteiger partial charge in [-0.05, 0) is 39.6 Å². The number of ether oxygens (including phenoxy) is 1. The van der Waals surface area contributed by atoms with Gasteiger partial charge in [0, 0.05) is 13.1 Å². The van der Waals surface area contributed by atoms with Crippen LogP contribution in [-0.4, -0.2) is 57.3 Å². The molecule has 1 fully saturated rings. The Balaban J connectivity index is 1.62. The maximum atomic E-state index is 13.4. The van der Waals surface area contributed by atoms with Crippen LogP contribution in [0, 0.1) is 0 Å². The molecular weight excluding hydrogens is 398 g/mol. The van der Waals surface area contributed by atoms with Crippen molar-refractivity contribution in [3.05, 3.63) is 65.7 Å². The van der Waals surface area contributed by atoms with Gasteiger partial charge < -0.3 is 9.64 Å². The van der Waals surface area contributed by atoms with E-state index in [9.17, 15) is 4.79 Å². The summed E-state index contributed by atoms with van der Waals surface area (Å²) >= 11 is 1.38. The van der Waals surface area contributed by atoms with Gasteiger partial charge in [-0.1, -0.05) is 68.1 Å². The zero-order chi connectivity index (χ0) is 20.9. The van der Waals surface area contributed by atoms with Crippen molar-refractivity contribution < 1.29 is 9.53 Å². The maximum Gasteiger partial charge on any atom is 0.240 e. The number of aromatic nitrogens is 4. The van der Waals surface area contributed by atoms with Gasteiger partial charge in [-0.3, -0.25) is 4.79 Å². The van der Waals surface area contributed by atoms with E-state index >= 15 is 0 Å². The van der Waals surface area contributed by atoms with Gasteiger partial charge in [-0.2, -0.15) is 4.68 Å². The quantitative estimate of drug-likeness (QED) is 0.565. The van der Waals surface area contributed by atoms with Crippen molar-refractivity contribution in [3.8, 4) is 5.69 Å². The number of rotatable bonds is 6. The number of benzene rings is 2. The molecule has 2 heterocycles. The topological polar surface area (TPSA) is 73.1 Å². The molecule has 0 N–H and O–H groups in total. The molecule has 3 aromatic rings. The smallest absolute Gasteiger partial charge is 0.240 e. The molecule has 4 rings (SSSR count). The molecule has 1 aliphatic heterocycles. The zero-order valence-electron chi connectivity index (χ0n) is 17.1. The number of carbonyl (C=O) groups excluding carboxylic acids is 1. The molecule has 1 aliphatic rings. The predicted molar refractivity (Wildman–Crippen MR) is 116 cm³/mol. The monoisotopic (exact) mass is 423 g/mol. The molecule has 0 spiro atoms. The summed E-state index contributed by atoms with van der Waals surface area (Å²) in [4.78, 5) is 15.2. The number of hydrogen-bond acceptors (Lipinski definition) is 6. The minimum absolute atomic E-state index is 0.0548. The highest BCUT2D eigenvalue weighted by Crippen LogP contribution is 2.36. The average molecular weight is 424 g/mol. The highest BCUT2D eigenvalue weighted by Gasteiger charge is 2.30. The van der Waals surface area contributed by atoms with E-state index in [2.05, 4.69) is 41.5 Å². The normalized spacial score (nSPS) is 15.4. The lowest BCUT2D eigenvalue weighted by Crippen LogP contribution is -2.42. The van der Waals surface area contributed by atoms with Gasteiger partial charge in [0.1, 0.15) is 5.25 Å². The third-order valence-corrected chi connectivity index (χ3v) is 6.29. The van der Waals surface area contributed by atoms with Crippen molar-refractivity contribution in [1.82, 2.24) is 25.1 Å². The first-order valence-corrected chi connectivity index (χ1v) is 11.0. The molecule has 1 amide bonds. The molecule has 1 saturated heterocycles. The Morgan fingerprint density at radius 1 is 1.00 bits per heavy atom. The van der Waals surface area contributed by atoms with E-state index in [1.165, 1.54) is 17.3 Å². The van der Waals surface area contributed by atoms with Crippen LogP contribution in [0.2, 0.25) is 0 Å². The molecule has 0 unspecified atom stereocenters. The summed E-state index contributed by atoms with van der Waals surface area (Å²) in [5.41, 5.74) is 3.06. The number of thioether (sulfide) groups is 1. The summed E-state index contributed by atoms with van der Waals surface area (Å²) in [5, 5.41) is 12.4. The van der Waals surface area contributed by atoms with Gasteiger partial charge in [0.2, 0.25) is 11.1 Å². The number of nitrogens with zero attached hydrogens (tertiary/aromatic N) is 5. The van der Waals surface area contributed by atoms with Gasteiger partial charge in [-0.25, -0.2) is 0 Å². The first kappa shape index (κ1) is 20.6. The van der Waals surface area contributed by atoms with E-state index in [0.29, 0.717) is 37.4 Å². The summed E-state index contributed by atoms with van der Waals surface area (Å²) in [6, 6.07) is 18.0. The van der Waals surface area contributed by atoms with Crippen molar-refractivity contribution in [2.45, 2.75) is 30.2 Å². The van der Waals surface area contributed by atoms with Gasteiger partial charge in [0.05, 0.1) is 18.9 Å². The molecule has 2 aromatic carbocycles. The minimum Gasteiger partial charge on any atom is -0.378 e. The van der Waals surface area contributed by atoms with Gasteiger partial charge in [0.25, 0.3) is 0 Å². The lowest BCUT2D eigenvalue weighted by atomic mass is 10.0. The summed E-state index contributed by atoms with van der Waals surface area (Å²) in [6.07, 6.45) is 0. The van der Waals surface area contributed by atoms with Gasteiger partial charge >= 0.3 is 0 Å². The number of morpholine rings is 1. The predicted octanol–water partition coefficient (Wildman–Crippen LogP) is 3.48. The third-order valence-electron chi connectivity index (χ3n) is 5.12. The Labute approximate surface area is 180 Å². The molecule has 1 aromatic heterocycles. The first-order valence-electron chi connectivity index (χ1n) is 10.1. The van der Waals surface area contributed by atoms with E-state index in [1.807, 2.05) is 47.4 Å². The van der Waals surface area contributed by atoms with Gasteiger partial charge in [-0.15, -0.1) is 5.10 Å². The van der Waals surface area contributed by atoms with Crippen molar-refractivity contribution in [1.29, 1.82) is 0 Å². The number of tetrazole rings is 1. The highest BCUT2D eigenvalue weighted by atomic mass is 32.2. The summed E-state index contributed by atoms with van der Waals surface area (Å²) in [5.74, 6) is 0.509. The van der Waals surface area contributed by atoms with E-state index < -0.39 is 5.25 Å². The van der Waals surface area contributed by atoms with E-state index in [-0.39, 0.29) is 5.91 Å². The lowest BCUT2D eigenvalue weighted by Gasteiger charge is -2.30. The number of hydrogen-bond donors (Lipinski definition) is 0. The standard InChI is InChI=1S/C22H25N5O2S/c1-16(2)17-8-10-19(11-9-17)27-22(23-24-25-27)30-20(18-6-4-3-5-7-18)21(28)26-12-14-29-15-13-26/h3-11,16,20H,12-15H2,1-2H3/t20-/m1/s1. The Kier molecular flexibility index (Phi) is 6.44. The molecular formula is C22H25N5O2S. The summed E-state index contributed by atoms with van der Waals surface area (Å²) in [6.45, 7) is 6.66. The van der Waals surface area contributed by atoms with Crippen LogP contribution in [0.3, 0.4) is 0 Å². The van der Waals surface area contributed by atoms with Crippen LogP contribution in [0.15, 0.2) is 59.8 Å². The molecule has 0 saturated carbocycles. The van der Waals surface area contributed by atoms with E-state index in [1.54, 1.807) is 4.68 Å². The van der Waals surface area contributed by atoms with Crippen LogP contribution >= 0.6 is 11.8 Å². The highest BCUT2D eigenvalue weighted by molar-refractivity contribution is 8.00. The van der Waals surface area contributed by atoms with Crippen LogP contribution in [0.25, 0.3) is 5.69 Å². The minimum atomic E-state index is -0.427. The second-order valence-electron chi connectivity index (χ2n) is 7.47. The molecule has 7 nitrogen and oxygen atoms in total. The van der Waals surface area contributed by atoms with Crippen molar-refractivity contribution in [3.63, 3.8) is 0 Å². The molecule has 0 radical (unpaired) electrons. The second kappa shape index (κ2) is 9.40. The van der Waals surface area contributed by atoms with Gasteiger partial charge in [0.15, 0.2) is 0 Å². The van der Waals surface area contributed by atoms with E-state index in [0.717, 1.165) is 11.3 Å². The fraction of sp³-hybridized carbons (Fsp3) is 0.364. The second-order valence-corrected chi connectivity index (χ2v) is 8.54. The van der Waals surface area contributed by atoms with Crippen molar-refractivity contribution in [2.75, 3.05) is 26.3 Å². The summed E-state index contributed by atoms with van der Waals surface area (Å²) < 4.78 is 7.10. The fourth-order valence-electron chi connectivity index (χ4n) is 3.36.